The van der Waals surface area contributed by atoms with Crippen LogP contribution in [0.3, 0.4) is 0 Å². The van der Waals surface area contributed by atoms with Crippen LogP contribution in [-0.4, -0.2) is 60.9 Å². The second-order valence-electron chi connectivity index (χ2n) is 7.93. The van der Waals surface area contributed by atoms with Crippen molar-refractivity contribution in [2.24, 2.45) is 17.3 Å². The zero-order chi connectivity index (χ0) is 21.8. The molecule has 0 bridgehead atoms. The Bertz CT molecular complexity index is 723. The number of aryl methyl sites for hydroxylation is 1. The fourth-order valence-corrected chi connectivity index (χ4v) is 4.50. The highest BCUT2D eigenvalue weighted by Gasteiger charge is 2.50. The van der Waals surface area contributed by atoms with E-state index >= 15 is 0 Å². The van der Waals surface area contributed by atoms with Crippen molar-refractivity contribution in [1.82, 2.24) is 10.2 Å². The Hall–Kier alpha value is -1.65. The van der Waals surface area contributed by atoms with Crippen molar-refractivity contribution in [3.05, 3.63) is 21.9 Å². The van der Waals surface area contributed by atoms with E-state index in [1.165, 1.54) is 9.75 Å². The second kappa shape index (κ2) is 9.44. The Balaban J connectivity index is 0.000000370. The highest BCUT2D eigenvalue weighted by Crippen LogP contribution is 2.41. The number of nitrogens with zero attached hydrogens (tertiary/aromatic N) is 1. The first kappa shape index (κ1) is 23.6. The van der Waals surface area contributed by atoms with Crippen molar-refractivity contribution in [2.75, 3.05) is 32.8 Å². The van der Waals surface area contributed by atoms with Crippen LogP contribution in [0, 0.1) is 24.2 Å². The predicted molar refractivity (Wildman–Crippen MR) is 103 cm³/mol. The summed E-state index contributed by atoms with van der Waals surface area (Å²) in [5.41, 5.74) is 0.108. The van der Waals surface area contributed by atoms with Crippen molar-refractivity contribution < 1.29 is 32.6 Å². The number of halogens is 3. The van der Waals surface area contributed by atoms with Crippen LogP contribution in [-0.2, 0) is 20.9 Å². The number of amides is 1. The first-order valence-corrected chi connectivity index (χ1v) is 10.2. The van der Waals surface area contributed by atoms with Gasteiger partial charge in [-0.25, -0.2) is 4.79 Å². The maximum absolute atomic E-state index is 11.9. The molecule has 2 atom stereocenters. The van der Waals surface area contributed by atoms with Crippen LogP contribution in [0.1, 0.15) is 23.6 Å². The first-order chi connectivity index (χ1) is 13.4. The van der Waals surface area contributed by atoms with Gasteiger partial charge in [-0.05, 0) is 19.1 Å². The number of hydrogen-bond acceptors (Lipinski definition) is 5. The predicted octanol–water partition coefficient (Wildman–Crippen LogP) is 2.91. The fourth-order valence-electron chi connectivity index (χ4n) is 3.57. The molecule has 0 radical (unpaired) electrons. The molecule has 3 rings (SSSR count). The summed E-state index contributed by atoms with van der Waals surface area (Å²) in [4.78, 5) is 26.1. The van der Waals surface area contributed by atoms with Crippen molar-refractivity contribution in [3.63, 3.8) is 0 Å². The van der Waals surface area contributed by atoms with E-state index in [1.54, 1.807) is 0 Å². The van der Waals surface area contributed by atoms with Crippen molar-refractivity contribution in [1.29, 1.82) is 0 Å². The Morgan fingerprint density at radius 2 is 2.07 bits per heavy atom. The van der Waals surface area contributed by atoms with Gasteiger partial charge in [0.2, 0.25) is 5.91 Å². The van der Waals surface area contributed by atoms with Crippen LogP contribution >= 0.6 is 11.3 Å². The van der Waals surface area contributed by atoms with Crippen LogP contribution in [0.2, 0.25) is 0 Å². The molecule has 0 spiro atoms. The molecule has 2 saturated heterocycles. The summed E-state index contributed by atoms with van der Waals surface area (Å²) in [5.74, 6) is -2.02. The third-order valence-electron chi connectivity index (χ3n) is 5.15. The van der Waals surface area contributed by atoms with E-state index in [9.17, 15) is 18.0 Å². The van der Waals surface area contributed by atoms with Gasteiger partial charge in [0.25, 0.3) is 0 Å². The minimum absolute atomic E-state index is 0.0452. The van der Waals surface area contributed by atoms with E-state index in [-0.39, 0.29) is 17.2 Å². The highest BCUT2D eigenvalue weighted by molar-refractivity contribution is 7.11. The van der Waals surface area contributed by atoms with E-state index in [0.717, 1.165) is 39.4 Å². The Labute approximate surface area is 172 Å². The summed E-state index contributed by atoms with van der Waals surface area (Å²) < 4.78 is 37.5. The number of alkyl halides is 3. The molecule has 1 aromatic rings. The average molecular weight is 436 g/mol. The van der Waals surface area contributed by atoms with Crippen LogP contribution in [0.25, 0.3) is 0 Å². The lowest BCUT2D eigenvalue weighted by Crippen LogP contribution is -2.44. The quantitative estimate of drug-likeness (QED) is 0.742. The monoisotopic (exact) mass is 436 g/mol. The molecule has 10 heteroatoms. The van der Waals surface area contributed by atoms with Crippen LogP contribution in [0.4, 0.5) is 13.2 Å². The molecule has 6 nitrogen and oxygen atoms in total. The molecule has 2 fully saturated rings. The average Bonchev–Trinajstić information content (AvgIpc) is 3.26. The molecule has 164 valence electrons. The number of hydrogen-bond donors (Lipinski definition) is 2. The Kier molecular flexibility index (Phi) is 7.69. The van der Waals surface area contributed by atoms with E-state index in [0.29, 0.717) is 5.92 Å². The van der Waals surface area contributed by atoms with Gasteiger partial charge < -0.3 is 15.2 Å². The van der Waals surface area contributed by atoms with Gasteiger partial charge >= 0.3 is 12.1 Å². The summed E-state index contributed by atoms with van der Waals surface area (Å²) in [6, 6.07) is 4.43. The molecule has 1 aromatic heterocycles. The summed E-state index contributed by atoms with van der Waals surface area (Å²) in [6.45, 7) is 11.5. The van der Waals surface area contributed by atoms with Gasteiger partial charge in [0.15, 0.2) is 0 Å². The van der Waals surface area contributed by atoms with Gasteiger partial charge in [0, 0.05) is 53.2 Å². The molecule has 2 N–H and O–H groups in total. The molecule has 0 aliphatic carbocycles. The lowest BCUT2D eigenvalue weighted by molar-refractivity contribution is -0.192. The molecule has 0 aromatic carbocycles. The molecule has 1 amide bonds. The van der Waals surface area contributed by atoms with Crippen LogP contribution in [0.15, 0.2) is 12.1 Å². The number of carboxylic acids is 1. The SMILES string of the molecule is Cc1ccc(CN2C[C@@H]3COC[C@]3(CNC(=O)C(C)C)C2)s1.O=C(O)C(F)(F)F. The van der Waals surface area contributed by atoms with Crippen molar-refractivity contribution in [3.8, 4) is 0 Å². The smallest absolute Gasteiger partial charge is 0.475 e. The number of carboxylic acid groups (broad SMARTS) is 1. The zero-order valence-corrected chi connectivity index (χ0v) is 17.5. The van der Waals surface area contributed by atoms with Gasteiger partial charge in [-0.1, -0.05) is 13.8 Å². The van der Waals surface area contributed by atoms with E-state index in [4.69, 9.17) is 14.6 Å². The number of likely N-dealkylation sites (tertiary alicyclic amines) is 1. The second-order valence-corrected chi connectivity index (χ2v) is 9.30. The maximum atomic E-state index is 11.9. The molecule has 2 aliphatic rings. The van der Waals surface area contributed by atoms with Crippen molar-refractivity contribution >= 4 is 23.2 Å². The number of carbonyl (C=O) groups excluding carboxylic acids is 1. The fraction of sp³-hybridized carbons (Fsp3) is 0.684. The molecular weight excluding hydrogens is 409 g/mol. The standard InChI is InChI=1S/C17H26N2O2S.C2HF3O2/c1-12(2)16(20)18-9-17-10-19(6-14(17)8-21-11-17)7-15-5-4-13(3)22-15;3-2(4,5)1(6)7/h4-5,12,14H,6-11H2,1-3H3,(H,18,20);(H,6,7)/t14-,17+;/m1./s1. The third-order valence-corrected chi connectivity index (χ3v) is 6.13. The lowest BCUT2D eigenvalue weighted by atomic mass is 9.81. The van der Waals surface area contributed by atoms with E-state index < -0.39 is 12.1 Å². The van der Waals surface area contributed by atoms with Crippen molar-refractivity contribution in [2.45, 2.75) is 33.5 Å². The van der Waals surface area contributed by atoms with Crippen LogP contribution in [0.5, 0.6) is 0 Å². The summed E-state index contributed by atoms with van der Waals surface area (Å²) in [5, 5.41) is 10.3. The Morgan fingerprint density at radius 3 is 2.59 bits per heavy atom. The number of aliphatic carboxylic acids is 1. The first-order valence-electron chi connectivity index (χ1n) is 9.36. The van der Waals surface area contributed by atoms with Gasteiger partial charge in [0.05, 0.1) is 13.2 Å². The summed E-state index contributed by atoms with van der Waals surface area (Å²) >= 11 is 1.88. The molecule has 29 heavy (non-hydrogen) atoms. The van der Waals surface area contributed by atoms with Gasteiger partial charge in [-0.3, -0.25) is 9.69 Å². The topological polar surface area (TPSA) is 78.9 Å². The van der Waals surface area contributed by atoms with Gasteiger partial charge in [0.1, 0.15) is 0 Å². The normalized spacial score (nSPS) is 24.2. The highest BCUT2D eigenvalue weighted by atomic mass is 32.1. The maximum Gasteiger partial charge on any atom is 0.490 e. The van der Waals surface area contributed by atoms with E-state index in [1.807, 2.05) is 25.2 Å². The number of fused-ring (bicyclic) bond motifs is 1. The summed E-state index contributed by atoms with van der Waals surface area (Å²) in [6.07, 6.45) is -5.08. The van der Waals surface area contributed by atoms with Crippen LogP contribution < -0.4 is 5.32 Å². The summed E-state index contributed by atoms with van der Waals surface area (Å²) in [7, 11) is 0. The van der Waals surface area contributed by atoms with Gasteiger partial charge in [-0.15, -0.1) is 11.3 Å². The minimum Gasteiger partial charge on any atom is -0.475 e. The molecule has 2 aliphatic heterocycles. The van der Waals surface area contributed by atoms with Gasteiger partial charge in [-0.2, -0.15) is 13.2 Å². The molecule has 0 saturated carbocycles. The molecule has 0 unspecified atom stereocenters. The minimum atomic E-state index is -5.08. The number of rotatable bonds is 5. The number of ether oxygens (including phenoxy) is 1. The number of nitrogens with one attached hydrogen (secondary N) is 1. The number of carbonyl (C=O) groups is 2. The zero-order valence-electron chi connectivity index (χ0n) is 16.7. The molecular formula is C19H27F3N2O4S. The number of thiophene rings is 1. The van der Waals surface area contributed by atoms with E-state index in [2.05, 4.69) is 29.3 Å². The lowest BCUT2D eigenvalue weighted by Gasteiger charge is -2.28. The largest absolute Gasteiger partial charge is 0.490 e. The molecule has 3 heterocycles. The third kappa shape index (κ3) is 6.42. The Morgan fingerprint density at radius 1 is 1.41 bits per heavy atom.